The Kier molecular flexibility index (Phi) is 8.36. The van der Waals surface area contributed by atoms with Gasteiger partial charge in [0, 0.05) is 0 Å². The molecule has 0 aromatic rings. The van der Waals surface area contributed by atoms with E-state index in [4.69, 9.17) is 0 Å². The largest absolute Gasteiger partial charge is 0.405 e. The highest BCUT2D eigenvalue weighted by Gasteiger charge is 2.28. The Morgan fingerprint density at radius 3 is 2.37 bits per heavy atom. The van der Waals surface area contributed by atoms with E-state index < -0.39 is 18.6 Å². The lowest BCUT2D eigenvalue weighted by Crippen LogP contribution is -2.44. The summed E-state index contributed by atoms with van der Waals surface area (Å²) in [5.41, 5.74) is 0. The number of alkyl halides is 3. The van der Waals surface area contributed by atoms with Gasteiger partial charge in [-0.15, -0.1) is 12.4 Å². The van der Waals surface area contributed by atoms with E-state index in [1.165, 1.54) is 0 Å². The van der Waals surface area contributed by atoms with Gasteiger partial charge in [0.15, 0.2) is 0 Å². The fourth-order valence-corrected chi connectivity index (χ4v) is 2.10. The fraction of sp³-hybridized carbons (Fsp3) is 0.909. The van der Waals surface area contributed by atoms with E-state index in [1.54, 1.807) is 0 Å². The Bertz CT molecular complexity index is 268. The first kappa shape index (κ1) is 18.5. The highest BCUT2D eigenvalue weighted by molar-refractivity contribution is 5.85. The first-order chi connectivity index (χ1) is 8.40. The smallest absolute Gasteiger partial charge is 0.346 e. The van der Waals surface area contributed by atoms with Gasteiger partial charge in [-0.2, -0.15) is 13.2 Å². The number of nitrogens with zero attached hydrogens (tertiary/aromatic N) is 1. The van der Waals surface area contributed by atoms with Gasteiger partial charge in [-0.3, -0.25) is 9.69 Å². The van der Waals surface area contributed by atoms with Gasteiger partial charge in [0.1, 0.15) is 6.54 Å². The zero-order chi connectivity index (χ0) is 13.6. The maximum Gasteiger partial charge on any atom is 0.405 e. The van der Waals surface area contributed by atoms with Gasteiger partial charge in [-0.05, 0) is 45.4 Å². The molecule has 1 heterocycles. The van der Waals surface area contributed by atoms with E-state index in [-0.39, 0.29) is 19.0 Å². The quantitative estimate of drug-likeness (QED) is 0.797. The molecule has 0 radical (unpaired) electrons. The topological polar surface area (TPSA) is 44.4 Å². The van der Waals surface area contributed by atoms with Crippen molar-refractivity contribution in [2.75, 3.05) is 39.8 Å². The van der Waals surface area contributed by atoms with Crippen molar-refractivity contribution in [1.29, 1.82) is 0 Å². The summed E-state index contributed by atoms with van der Waals surface area (Å²) in [5.74, 6) is 0.0453. The van der Waals surface area contributed by atoms with Crippen molar-refractivity contribution in [2.45, 2.75) is 19.0 Å². The number of hydrogen-bond donors (Lipinski definition) is 2. The summed E-state index contributed by atoms with van der Waals surface area (Å²) in [6.07, 6.45) is -2.38. The highest BCUT2D eigenvalue weighted by Crippen LogP contribution is 2.16. The second-order valence-corrected chi connectivity index (χ2v) is 4.67. The maximum absolute atomic E-state index is 11.9. The van der Waals surface area contributed by atoms with E-state index in [2.05, 4.69) is 5.32 Å². The van der Waals surface area contributed by atoms with E-state index in [1.807, 2.05) is 17.3 Å². The molecule has 0 atom stereocenters. The molecule has 0 spiro atoms. The minimum absolute atomic E-state index is 0. The lowest BCUT2D eigenvalue weighted by atomic mass is 9.97. The Labute approximate surface area is 117 Å². The zero-order valence-corrected chi connectivity index (χ0v) is 11.7. The van der Waals surface area contributed by atoms with Crippen LogP contribution in [0.1, 0.15) is 12.8 Å². The molecular formula is C11H21ClF3N3O. The SMILES string of the molecule is CNCC1CCN(CC(=O)NCC(F)(F)F)CC1.Cl. The van der Waals surface area contributed by atoms with E-state index in [9.17, 15) is 18.0 Å². The van der Waals surface area contributed by atoms with Crippen molar-refractivity contribution >= 4 is 18.3 Å². The van der Waals surface area contributed by atoms with Gasteiger partial charge in [0.05, 0.1) is 6.54 Å². The van der Waals surface area contributed by atoms with Crippen molar-refractivity contribution in [3.63, 3.8) is 0 Å². The number of piperidine rings is 1. The number of halogens is 4. The molecule has 1 fully saturated rings. The van der Waals surface area contributed by atoms with Crippen molar-refractivity contribution in [3.8, 4) is 0 Å². The average Bonchev–Trinajstić information content (AvgIpc) is 2.29. The first-order valence-electron chi connectivity index (χ1n) is 6.11. The molecule has 0 unspecified atom stereocenters. The predicted octanol–water partition coefficient (Wildman–Crippen LogP) is 1.02. The van der Waals surface area contributed by atoms with Crippen molar-refractivity contribution in [3.05, 3.63) is 0 Å². The van der Waals surface area contributed by atoms with Gasteiger partial charge < -0.3 is 10.6 Å². The van der Waals surface area contributed by atoms with Crippen LogP contribution in [-0.4, -0.2) is 56.8 Å². The molecule has 0 aliphatic carbocycles. The fourth-order valence-electron chi connectivity index (χ4n) is 2.10. The summed E-state index contributed by atoms with van der Waals surface area (Å²) in [6.45, 7) is 1.30. The Hall–Kier alpha value is -0.530. The highest BCUT2D eigenvalue weighted by atomic mass is 35.5. The molecule has 8 heteroatoms. The van der Waals surface area contributed by atoms with Crippen molar-refractivity contribution in [2.24, 2.45) is 5.92 Å². The van der Waals surface area contributed by atoms with Crippen molar-refractivity contribution in [1.82, 2.24) is 15.5 Å². The van der Waals surface area contributed by atoms with Crippen LogP contribution < -0.4 is 10.6 Å². The number of likely N-dealkylation sites (tertiary alicyclic amines) is 1. The number of nitrogens with one attached hydrogen (secondary N) is 2. The molecule has 1 amide bonds. The lowest BCUT2D eigenvalue weighted by Gasteiger charge is -2.31. The molecule has 0 aromatic carbocycles. The van der Waals surface area contributed by atoms with Crippen molar-refractivity contribution < 1.29 is 18.0 Å². The second-order valence-electron chi connectivity index (χ2n) is 4.67. The summed E-state index contributed by atoms with van der Waals surface area (Å²) in [5, 5.41) is 5.00. The Balaban J connectivity index is 0.00000324. The molecule has 1 aliphatic heterocycles. The Morgan fingerprint density at radius 2 is 1.89 bits per heavy atom. The van der Waals surface area contributed by atoms with Gasteiger partial charge in [0.2, 0.25) is 5.91 Å². The molecule has 19 heavy (non-hydrogen) atoms. The second kappa shape index (κ2) is 8.60. The maximum atomic E-state index is 11.9. The molecule has 2 N–H and O–H groups in total. The number of rotatable bonds is 5. The number of carbonyl (C=O) groups excluding carboxylic acids is 1. The summed E-state index contributed by atoms with van der Waals surface area (Å²) < 4.78 is 35.7. The van der Waals surface area contributed by atoms with Gasteiger partial charge in [-0.25, -0.2) is 0 Å². The van der Waals surface area contributed by atoms with Gasteiger partial charge in [0.25, 0.3) is 0 Å². The Morgan fingerprint density at radius 1 is 1.32 bits per heavy atom. The first-order valence-corrected chi connectivity index (χ1v) is 6.11. The molecule has 0 bridgehead atoms. The van der Waals surface area contributed by atoms with Gasteiger partial charge >= 0.3 is 6.18 Å². The third-order valence-corrected chi connectivity index (χ3v) is 3.05. The van der Waals surface area contributed by atoms with Crippen LogP contribution in [0, 0.1) is 5.92 Å². The standard InChI is InChI=1S/C11H20F3N3O.ClH/c1-15-6-9-2-4-17(5-3-9)7-10(18)16-8-11(12,13)14;/h9,15H,2-8H2,1H3,(H,16,18);1H. The summed E-state index contributed by atoms with van der Waals surface area (Å²) >= 11 is 0. The molecule has 0 aromatic heterocycles. The van der Waals surface area contributed by atoms with E-state index >= 15 is 0 Å². The van der Waals surface area contributed by atoms with Crippen LogP contribution in [0.25, 0.3) is 0 Å². The molecule has 114 valence electrons. The van der Waals surface area contributed by atoms with Crippen LogP contribution in [0.3, 0.4) is 0 Å². The minimum atomic E-state index is -4.34. The van der Waals surface area contributed by atoms with Crippen LogP contribution in [0.15, 0.2) is 0 Å². The summed E-state index contributed by atoms with van der Waals surface area (Å²) in [7, 11) is 1.90. The normalized spacial score (nSPS) is 17.9. The van der Waals surface area contributed by atoms with Crippen LogP contribution in [0.4, 0.5) is 13.2 Å². The van der Waals surface area contributed by atoms with Crippen LogP contribution >= 0.6 is 12.4 Å². The molecule has 4 nitrogen and oxygen atoms in total. The lowest BCUT2D eigenvalue weighted by molar-refractivity contribution is -0.139. The number of hydrogen-bond acceptors (Lipinski definition) is 3. The minimum Gasteiger partial charge on any atom is -0.346 e. The van der Waals surface area contributed by atoms with Gasteiger partial charge in [-0.1, -0.05) is 0 Å². The predicted molar refractivity (Wildman–Crippen MR) is 69.4 cm³/mol. The number of amides is 1. The average molecular weight is 304 g/mol. The molecular weight excluding hydrogens is 283 g/mol. The third kappa shape index (κ3) is 8.28. The third-order valence-electron chi connectivity index (χ3n) is 3.05. The zero-order valence-electron chi connectivity index (χ0n) is 10.9. The molecule has 0 saturated carbocycles. The van der Waals surface area contributed by atoms with E-state index in [0.717, 1.165) is 32.5 Å². The van der Waals surface area contributed by atoms with E-state index in [0.29, 0.717) is 5.92 Å². The molecule has 1 saturated heterocycles. The summed E-state index contributed by atoms with van der Waals surface area (Å²) in [4.78, 5) is 13.2. The van der Waals surface area contributed by atoms with Crippen LogP contribution in [-0.2, 0) is 4.79 Å². The number of carbonyl (C=O) groups is 1. The molecule has 1 aliphatic rings. The molecule has 1 rings (SSSR count). The van der Waals surface area contributed by atoms with Crippen LogP contribution in [0.2, 0.25) is 0 Å². The summed E-state index contributed by atoms with van der Waals surface area (Å²) in [6, 6.07) is 0. The van der Waals surface area contributed by atoms with Crippen LogP contribution in [0.5, 0.6) is 0 Å². The monoisotopic (exact) mass is 303 g/mol.